The lowest BCUT2D eigenvalue weighted by Crippen LogP contribution is -2.02. The Balaban J connectivity index is 2.40. The van der Waals surface area contributed by atoms with Crippen molar-refractivity contribution in [3.63, 3.8) is 0 Å². The Kier molecular flexibility index (Phi) is 3.09. The minimum absolute atomic E-state index is 0.0471. The van der Waals surface area contributed by atoms with E-state index >= 15 is 0 Å². The molecule has 1 aromatic carbocycles. The number of hydrogen-bond acceptors (Lipinski definition) is 2. The SMILES string of the molecule is C[C@@H]1C[C@H]1Oc1cc(Cl)c(F)c(Br)c1C#N. The Labute approximate surface area is 106 Å². The Morgan fingerprint density at radius 1 is 1.69 bits per heavy atom. The van der Waals surface area contributed by atoms with Crippen LogP contribution in [0.15, 0.2) is 10.5 Å². The largest absolute Gasteiger partial charge is 0.489 e. The first-order valence-corrected chi connectivity index (χ1v) is 5.96. The highest BCUT2D eigenvalue weighted by molar-refractivity contribution is 9.10. The van der Waals surface area contributed by atoms with Crippen molar-refractivity contribution >= 4 is 27.5 Å². The molecule has 1 aliphatic carbocycles. The first-order chi connectivity index (χ1) is 7.54. The van der Waals surface area contributed by atoms with Crippen molar-refractivity contribution in [2.24, 2.45) is 5.92 Å². The molecule has 1 aliphatic rings. The first kappa shape index (κ1) is 11.7. The second-order valence-electron chi connectivity index (χ2n) is 3.84. The predicted octanol–water partition coefficient (Wildman–Crippen LogP) is 3.90. The molecular weight excluding hydrogens is 296 g/mol. The normalized spacial score (nSPS) is 22.7. The Morgan fingerprint density at radius 3 is 2.81 bits per heavy atom. The summed E-state index contributed by atoms with van der Waals surface area (Å²) < 4.78 is 19.0. The van der Waals surface area contributed by atoms with E-state index in [0.29, 0.717) is 11.7 Å². The quantitative estimate of drug-likeness (QED) is 0.776. The number of hydrogen-bond donors (Lipinski definition) is 0. The Bertz CT molecular complexity index is 486. The monoisotopic (exact) mass is 303 g/mol. The van der Waals surface area contributed by atoms with Gasteiger partial charge in [-0.15, -0.1) is 0 Å². The maximum atomic E-state index is 13.4. The van der Waals surface area contributed by atoms with Gasteiger partial charge in [0.2, 0.25) is 0 Å². The molecule has 0 unspecified atom stereocenters. The van der Waals surface area contributed by atoms with Crippen molar-refractivity contribution in [2.45, 2.75) is 19.4 Å². The van der Waals surface area contributed by atoms with Crippen molar-refractivity contribution in [2.75, 3.05) is 0 Å². The smallest absolute Gasteiger partial charge is 0.157 e. The van der Waals surface area contributed by atoms with Crippen molar-refractivity contribution in [1.82, 2.24) is 0 Å². The van der Waals surface area contributed by atoms with Crippen LogP contribution in [-0.4, -0.2) is 6.10 Å². The van der Waals surface area contributed by atoms with Crippen LogP contribution >= 0.6 is 27.5 Å². The summed E-state index contributed by atoms with van der Waals surface area (Å²) in [6, 6.07) is 3.26. The summed E-state index contributed by atoms with van der Waals surface area (Å²) >= 11 is 8.70. The van der Waals surface area contributed by atoms with Gasteiger partial charge in [-0.3, -0.25) is 0 Å². The minimum atomic E-state index is -0.630. The van der Waals surface area contributed by atoms with Crippen molar-refractivity contribution in [3.05, 3.63) is 26.9 Å². The summed E-state index contributed by atoms with van der Waals surface area (Å²) in [4.78, 5) is 0. The second-order valence-corrected chi connectivity index (χ2v) is 5.04. The molecule has 0 heterocycles. The zero-order chi connectivity index (χ0) is 11.9. The van der Waals surface area contributed by atoms with E-state index < -0.39 is 5.82 Å². The lowest BCUT2D eigenvalue weighted by molar-refractivity contribution is 0.286. The number of halogens is 3. The zero-order valence-corrected chi connectivity index (χ0v) is 10.8. The molecule has 0 bridgehead atoms. The van der Waals surface area contributed by atoms with Crippen LogP contribution in [0.3, 0.4) is 0 Å². The third kappa shape index (κ3) is 2.02. The molecule has 16 heavy (non-hydrogen) atoms. The molecule has 1 aromatic rings. The van der Waals surface area contributed by atoms with Crippen LogP contribution in [0.5, 0.6) is 5.75 Å². The van der Waals surface area contributed by atoms with Gasteiger partial charge in [0.25, 0.3) is 0 Å². The topological polar surface area (TPSA) is 33.0 Å². The highest BCUT2D eigenvalue weighted by atomic mass is 79.9. The van der Waals surface area contributed by atoms with Crippen LogP contribution < -0.4 is 4.74 Å². The van der Waals surface area contributed by atoms with Crippen LogP contribution in [0.2, 0.25) is 5.02 Å². The number of nitriles is 1. The molecule has 1 saturated carbocycles. The standard InChI is InChI=1S/C11H8BrClFNO/c1-5-2-8(5)16-9-3-7(13)11(14)10(12)6(9)4-15/h3,5,8H,2H2,1H3/t5-,8-/m1/s1. The Hall–Kier alpha value is -0.790. The first-order valence-electron chi connectivity index (χ1n) is 4.78. The molecule has 2 nitrogen and oxygen atoms in total. The van der Waals surface area contributed by atoms with Gasteiger partial charge in [-0.2, -0.15) is 5.26 Å². The molecule has 0 radical (unpaired) electrons. The third-order valence-electron chi connectivity index (χ3n) is 2.55. The van der Waals surface area contributed by atoms with E-state index in [1.807, 2.05) is 6.07 Å². The summed E-state index contributed by atoms with van der Waals surface area (Å²) in [6.07, 6.45) is 1.07. The molecule has 84 valence electrons. The molecule has 0 amide bonds. The molecule has 2 rings (SSSR count). The van der Waals surface area contributed by atoms with Crippen molar-refractivity contribution < 1.29 is 9.13 Å². The van der Waals surface area contributed by atoms with Crippen molar-refractivity contribution in [3.8, 4) is 11.8 Å². The average molecular weight is 305 g/mol. The van der Waals surface area contributed by atoms with Crippen LogP contribution in [-0.2, 0) is 0 Å². The van der Waals surface area contributed by atoms with Crippen LogP contribution in [0, 0.1) is 23.1 Å². The minimum Gasteiger partial charge on any atom is -0.489 e. The highest BCUT2D eigenvalue weighted by Gasteiger charge is 2.36. The van der Waals surface area contributed by atoms with Gasteiger partial charge >= 0.3 is 0 Å². The van der Waals surface area contributed by atoms with Gasteiger partial charge in [0, 0.05) is 6.07 Å². The fourth-order valence-electron chi connectivity index (χ4n) is 1.39. The maximum absolute atomic E-state index is 13.4. The highest BCUT2D eigenvalue weighted by Crippen LogP contribution is 2.39. The predicted molar refractivity (Wildman–Crippen MR) is 62.0 cm³/mol. The van der Waals surface area contributed by atoms with E-state index in [9.17, 15) is 4.39 Å². The molecule has 1 fully saturated rings. The lowest BCUT2D eigenvalue weighted by atomic mass is 10.2. The van der Waals surface area contributed by atoms with Gasteiger partial charge in [0.15, 0.2) is 5.82 Å². The summed E-state index contributed by atoms with van der Waals surface area (Å²) in [5.74, 6) is 0.193. The van der Waals surface area contributed by atoms with Gasteiger partial charge in [0.05, 0.1) is 9.50 Å². The third-order valence-corrected chi connectivity index (χ3v) is 3.57. The molecule has 0 spiro atoms. The number of rotatable bonds is 2. The zero-order valence-electron chi connectivity index (χ0n) is 8.43. The number of nitrogens with zero attached hydrogens (tertiary/aromatic N) is 1. The van der Waals surface area contributed by atoms with E-state index in [1.165, 1.54) is 6.07 Å². The van der Waals surface area contributed by atoms with Crippen LogP contribution in [0.25, 0.3) is 0 Å². The molecule has 2 atom stereocenters. The van der Waals surface area contributed by atoms with E-state index in [1.54, 1.807) is 0 Å². The van der Waals surface area contributed by atoms with Gasteiger partial charge in [-0.05, 0) is 28.3 Å². The molecule has 0 saturated heterocycles. The van der Waals surface area contributed by atoms with Gasteiger partial charge in [-0.25, -0.2) is 4.39 Å². The molecular formula is C11H8BrClFNO. The number of ether oxygens (including phenoxy) is 1. The maximum Gasteiger partial charge on any atom is 0.157 e. The average Bonchev–Trinajstić information content (AvgIpc) is 2.92. The van der Waals surface area contributed by atoms with Crippen LogP contribution in [0.4, 0.5) is 4.39 Å². The Morgan fingerprint density at radius 2 is 2.31 bits per heavy atom. The van der Waals surface area contributed by atoms with Gasteiger partial charge in [0.1, 0.15) is 23.5 Å². The summed E-state index contributed by atoms with van der Waals surface area (Å²) in [5.41, 5.74) is 0.154. The molecule has 0 aromatic heterocycles. The fourth-order valence-corrected chi connectivity index (χ4v) is 2.19. The summed E-state index contributed by atoms with van der Waals surface area (Å²) in [6.45, 7) is 2.05. The summed E-state index contributed by atoms with van der Waals surface area (Å²) in [5, 5.41) is 8.90. The molecule has 5 heteroatoms. The fraction of sp³-hybridized carbons (Fsp3) is 0.364. The van der Waals surface area contributed by atoms with Gasteiger partial charge in [-0.1, -0.05) is 18.5 Å². The lowest BCUT2D eigenvalue weighted by Gasteiger charge is -2.09. The van der Waals surface area contributed by atoms with E-state index in [-0.39, 0.29) is 21.2 Å². The van der Waals surface area contributed by atoms with Gasteiger partial charge < -0.3 is 4.74 Å². The molecule has 0 N–H and O–H groups in total. The van der Waals surface area contributed by atoms with E-state index in [4.69, 9.17) is 21.6 Å². The van der Waals surface area contributed by atoms with E-state index in [2.05, 4.69) is 22.9 Å². The summed E-state index contributed by atoms with van der Waals surface area (Å²) in [7, 11) is 0. The second kappa shape index (κ2) is 4.23. The van der Waals surface area contributed by atoms with E-state index in [0.717, 1.165) is 6.42 Å². The van der Waals surface area contributed by atoms with Crippen molar-refractivity contribution in [1.29, 1.82) is 5.26 Å². The molecule has 0 aliphatic heterocycles. The number of benzene rings is 1. The van der Waals surface area contributed by atoms with Crippen LogP contribution in [0.1, 0.15) is 18.9 Å².